The number of rotatable bonds is 3. The van der Waals surface area contributed by atoms with Gasteiger partial charge in [0.2, 0.25) is 0 Å². The predicted octanol–water partition coefficient (Wildman–Crippen LogP) is 2.87. The molecule has 0 spiro atoms. The number of nitrogens with zero attached hydrogens (tertiary/aromatic N) is 2. The summed E-state index contributed by atoms with van der Waals surface area (Å²) in [5.74, 6) is 1.06. The Bertz CT molecular complexity index is 402. The highest BCUT2D eigenvalue weighted by atomic mass is 32.1. The number of anilines is 1. The number of aromatic nitrogens is 1. The van der Waals surface area contributed by atoms with Gasteiger partial charge in [-0.15, -0.1) is 0 Å². The second-order valence-electron chi connectivity index (χ2n) is 4.87. The Balaban J connectivity index is 2.19. The molecular weight excluding hydrogens is 242 g/mol. The summed E-state index contributed by atoms with van der Waals surface area (Å²) < 4.78 is 0. The third-order valence-corrected chi connectivity index (χ3v) is 3.91. The van der Waals surface area contributed by atoms with Crippen LogP contribution in [0.5, 0.6) is 0 Å². The molecular formula is C14H21N3S. The maximum Gasteiger partial charge on any atom is 0.128 e. The minimum atomic E-state index is 0.414. The summed E-state index contributed by atoms with van der Waals surface area (Å²) in [6, 6.07) is 4.64. The monoisotopic (exact) mass is 263 g/mol. The maximum absolute atomic E-state index is 5.60. The molecule has 0 bridgehead atoms. The van der Waals surface area contributed by atoms with Crippen LogP contribution in [-0.2, 0) is 0 Å². The SMILES string of the molecule is CCC1CCCCCN1c1ccc(C(N)=S)cn1. The molecule has 1 fully saturated rings. The molecule has 1 aliphatic rings. The van der Waals surface area contributed by atoms with Crippen LogP contribution in [0.2, 0.25) is 0 Å². The summed E-state index contributed by atoms with van der Waals surface area (Å²) in [4.78, 5) is 7.38. The van der Waals surface area contributed by atoms with Crippen molar-refractivity contribution in [2.24, 2.45) is 5.73 Å². The van der Waals surface area contributed by atoms with Crippen molar-refractivity contribution in [2.75, 3.05) is 11.4 Å². The Labute approximate surface area is 114 Å². The topological polar surface area (TPSA) is 42.1 Å². The predicted molar refractivity (Wildman–Crippen MR) is 80.0 cm³/mol. The Morgan fingerprint density at radius 3 is 2.89 bits per heavy atom. The van der Waals surface area contributed by atoms with Gasteiger partial charge in [0.05, 0.1) is 0 Å². The Morgan fingerprint density at radius 2 is 2.28 bits per heavy atom. The second kappa shape index (κ2) is 6.14. The van der Waals surface area contributed by atoms with E-state index in [-0.39, 0.29) is 0 Å². The minimum Gasteiger partial charge on any atom is -0.389 e. The molecule has 1 aromatic rings. The lowest BCUT2D eigenvalue weighted by molar-refractivity contribution is 0.552. The van der Waals surface area contributed by atoms with Crippen molar-refractivity contribution in [3.05, 3.63) is 23.9 Å². The van der Waals surface area contributed by atoms with E-state index >= 15 is 0 Å². The van der Waals surface area contributed by atoms with Gasteiger partial charge in [0, 0.05) is 24.3 Å². The van der Waals surface area contributed by atoms with Gasteiger partial charge in [-0.05, 0) is 31.4 Å². The Morgan fingerprint density at radius 1 is 1.44 bits per heavy atom. The van der Waals surface area contributed by atoms with Crippen LogP contribution in [0.15, 0.2) is 18.3 Å². The molecule has 0 amide bonds. The summed E-state index contributed by atoms with van der Waals surface area (Å²) >= 11 is 4.95. The molecule has 0 aromatic carbocycles. The van der Waals surface area contributed by atoms with Crippen LogP contribution in [0.4, 0.5) is 5.82 Å². The average Bonchev–Trinajstić information content (AvgIpc) is 2.63. The molecule has 0 aliphatic carbocycles. The summed E-state index contributed by atoms with van der Waals surface area (Å²) in [7, 11) is 0. The number of nitrogens with two attached hydrogens (primary N) is 1. The fraction of sp³-hybridized carbons (Fsp3) is 0.571. The largest absolute Gasteiger partial charge is 0.389 e. The van der Waals surface area contributed by atoms with Crippen molar-refractivity contribution in [3.63, 3.8) is 0 Å². The molecule has 1 atom stereocenters. The maximum atomic E-state index is 5.60. The van der Waals surface area contributed by atoms with Crippen molar-refractivity contribution in [2.45, 2.75) is 45.1 Å². The smallest absolute Gasteiger partial charge is 0.128 e. The van der Waals surface area contributed by atoms with Gasteiger partial charge in [-0.3, -0.25) is 0 Å². The molecule has 4 heteroatoms. The van der Waals surface area contributed by atoms with Crippen LogP contribution in [0, 0.1) is 0 Å². The molecule has 18 heavy (non-hydrogen) atoms. The van der Waals surface area contributed by atoms with Crippen LogP contribution in [0.25, 0.3) is 0 Å². The third-order valence-electron chi connectivity index (χ3n) is 3.68. The van der Waals surface area contributed by atoms with Crippen molar-refractivity contribution >= 4 is 23.0 Å². The zero-order valence-corrected chi connectivity index (χ0v) is 11.7. The first-order chi connectivity index (χ1) is 8.72. The molecule has 2 rings (SSSR count). The second-order valence-corrected chi connectivity index (χ2v) is 5.31. The van der Waals surface area contributed by atoms with E-state index in [0.29, 0.717) is 11.0 Å². The Kier molecular flexibility index (Phi) is 4.53. The van der Waals surface area contributed by atoms with Gasteiger partial charge in [0.15, 0.2) is 0 Å². The van der Waals surface area contributed by atoms with Crippen molar-refractivity contribution in [3.8, 4) is 0 Å². The lowest BCUT2D eigenvalue weighted by atomic mass is 10.1. The summed E-state index contributed by atoms with van der Waals surface area (Å²) in [6.07, 6.45) is 8.16. The molecule has 0 saturated carbocycles. The zero-order chi connectivity index (χ0) is 13.0. The van der Waals surface area contributed by atoms with Gasteiger partial charge >= 0.3 is 0 Å². The van der Waals surface area contributed by atoms with Crippen LogP contribution in [0.1, 0.15) is 44.6 Å². The molecule has 2 heterocycles. The quantitative estimate of drug-likeness (QED) is 0.852. The van der Waals surface area contributed by atoms with E-state index in [9.17, 15) is 0 Å². The van der Waals surface area contributed by atoms with E-state index in [1.54, 1.807) is 6.20 Å². The number of pyridine rings is 1. The number of hydrogen-bond donors (Lipinski definition) is 1. The third kappa shape index (κ3) is 2.99. The van der Waals surface area contributed by atoms with E-state index in [1.165, 1.54) is 32.1 Å². The molecule has 2 N–H and O–H groups in total. The summed E-state index contributed by atoms with van der Waals surface area (Å²) in [6.45, 7) is 3.37. The number of thiocarbonyl (C=S) groups is 1. The van der Waals surface area contributed by atoms with E-state index in [0.717, 1.165) is 17.9 Å². The van der Waals surface area contributed by atoms with Gasteiger partial charge in [0.1, 0.15) is 10.8 Å². The highest BCUT2D eigenvalue weighted by molar-refractivity contribution is 7.80. The summed E-state index contributed by atoms with van der Waals surface area (Å²) in [5, 5.41) is 0. The first-order valence-electron chi connectivity index (χ1n) is 6.75. The normalized spacial score (nSPS) is 20.5. The molecule has 1 saturated heterocycles. The van der Waals surface area contributed by atoms with Crippen molar-refractivity contribution in [1.82, 2.24) is 4.98 Å². The van der Waals surface area contributed by atoms with Crippen LogP contribution >= 0.6 is 12.2 Å². The van der Waals surface area contributed by atoms with Gasteiger partial charge < -0.3 is 10.6 Å². The molecule has 1 aliphatic heterocycles. The van der Waals surface area contributed by atoms with Gasteiger partial charge in [0.25, 0.3) is 0 Å². The van der Waals surface area contributed by atoms with Crippen molar-refractivity contribution in [1.29, 1.82) is 0 Å². The van der Waals surface area contributed by atoms with Crippen LogP contribution in [-0.4, -0.2) is 22.6 Å². The van der Waals surface area contributed by atoms with Gasteiger partial charge in [-0.1, -0.05) is 32.0 Å². The van der Waals surface area contributed by atoms with Gasteiger partial charge in [-0.25, -0.2) is 4.98 Å². The molecule has 1 unspecified atom stereocenters. The number of hydrogen-bond acceptors (Lipinski definition) is 3. The molecule has 0 radical (unpaired) electrons. The molecule has 1 aromatic heterocycles. The van der Waals surface area contributed by atoms with Crippen LogP contribution < -0.4 is 10.6 Å². The van der Waals surface area contributed by atoms with Crippen LogP contribution in [0.3, 0.4) is 0 Å². The summed E-state index contributed by atoms with van der Waals surface area (Å²) in [5.41, 5.74) is 6.44. The highest BCUT2D eigenvalue weighted by Crippen LogP contribution is 2.24. The standard InChI is InChI=1S/C14H21N3S/c1-2-12-6-4-3-5-9-17(12)13-8-7-11(10-16-13)14(15)18/h7-8,10,12H,2-6,9H2,1H3,(H2,15,18). The zero-order valence-electron chi connectivity index (χ0n) is 10.9. The lowest BCUT2D eigenvalue weighted by Crippen LogP contribution is -2.35. The fourth-order valence-corrected chi connectivity index (χ4v) is 2.73. The average molecular weight is 263 g/mol. The molecule has 3 nitrogen and oxygen atoms in total. The van der Waals surface area contributed by atoms with E-state index in [1.807, 2.05) is 12.1 Å². The van der Waals surface area contributed by atoms with E-state index in [2.05, 4.69) is 16.8 Å². The van der Waals surface area contributed by atoms with Gasteiger partial charge in [-0.2, -0.15) is 0 Å². The van der Waals surface area contributed by atoms with E-state index in [4.69, 9.17) is 18.0 Å². The van der Waals surface area contributed by atoms with Crippen molar-refractivity contribution < 1.29 is 0 Å². The first kappa shape index (κ1) is 13.3. The first-order valence-corrected chi connectivity index (χ1v) is 7.15. The van der Waals surface area contributed by atoms with E-state index < -0.39 is 0 Å². The Hall–Kier alpha value is -1.16. The fourth-order valence-electron chi connectivity index (χ4n) is 2.61. The molecule has 98 valence electrons. The lowest BCUT2D eigenvalue weighted by Gasteiger charge is -2.30. The minimum absolute atomic E-state index is 0.414. The highest BCUT2D eigenvalue weighted by Gasteiger charge is 2.20.